The Morgan fingerprint density at radius 1 is 1.19 bits per heavy atom. The summed E-state index contributed by atoms with van der Waals surface area (Å²) in [6.07, 6.45) is 12.4. The molecule has 0 amide bonds. The van der Waals surface area contributed by atoms with Gasteiger partial charge in [-0.15, -0.1) is 12.3 Å². The number of aromatic nitrogens is 3. The van der Waals surface area contributed by atoms with Gasteiger partial charge in [0, 0.05) is 18.2 Å². The molecule has 1 fully saturated rings. The fourth-order valence-electron chi connectivity index (χ4n) is 4.65. The Morgan fingerprint density at radius 2 is 2.07 bits per heavy atom. The maximum absolute atomic E-state index is 10.2. The van der Waals surface area contributed by atoms with E-state index in [2.05, 4.69) is 56.1 Å². The smallest absolute Gasteiger partial charge is 0.145 e. The Labute approximate surface area is 158 Å². The summed E-state index contributed by atoms with van der Waals surface area (Å²) in [5.74, 6) is 3.50. The van der Waals surface area contributed by atoms with Gasteiger partial charge >= 0.3 is 0 Å². The number of anilines is 1. The first-order valence-corrected chi connectivity index (χ1v) is 9.54. The quantitative estimate of drug-likeness (QED) is 0.704. The zero-order valence-corrected chi connectivity index (χ0v) is 15.0. The van der Waals surface area contributed by atoms with Crippen molar-refractivity contribution in [3.05, 3.63) is 54.0 Å². The van der Waals surface area contributed by atoms with Crippen molar-refractivity contribution in [2.45, 2.75) is 43.9 Å². The molecule has 0 radical (unpaired) electrons. The largest absolute Gasteiger partial charge is 0.392 e. The molecule has 0 aliphatic heterocycles. The number of aliphatic hydroxyl groups excluding tert-OH is 1. The van der Waals surface area contributed by atoms with Gasteiger partial charge in [-0.1, -0.05) is 24.3 Å². The lowest BCUT2D eigenvalue weighted by molar-refractivity contribution is 0.154. The monoisotopic (exact) mass is 358 g/mol. The van der Waals surface area contributed by atoms with Gasteiger partial charge in [0.2, 0.25) is 0 Å². The number of nitrogens with one attached hydrogen (secondary N) is 1. The molecule has 2 aromatic heterocycles. The molecule has 2 N–H and O–H groups in total. The van der Waals surface area contributed by atoms with Crippen molar-refractivity contribution in [2.75, 3.05) is 5.32 Å². The molecule has 5 rings (SSSR count). The predicted molar refractivity (Wildman–Crippen MR) is 105 cm³/mol. The predicted octanol–water partition coefficient (Wildman–Crippen LogP) is 3.48. The molecule has 2 aliphatic rings. The fraction of sp³-hybridized carbons (Fsp3) is 0.364. The second-order valence-electron chi connectivity index (χ2n) is 7.58. The Morgan fingerprint density at radius 3 is 2.93 bits per heavy atom. The summed E-state index contributed by atoms with van der Waals surface area (Å²) in [7, 11) is 0. The third-order valence-electron chi connectivity index (χ3n) is 6.06. The molecular formula is C22H22N4O. The first-order chi connectivity index (χ1) is 13.2. The summed E-state index contributed by atoms with van der Waals surface area (Å²) >= 11 is 0. The van der Waals surface area contributed by atoms with E-state index in [1.807, 2.05) is 6.20 Å². The number of aliphatic hydroxyl groups is 1. The topological polar surface area (TPSA) is 63.0 Å². The van der Waals surface area contributed by atoms with Crippen molar-refractivity contribution in [1.82, 2.24) is 14.5 Å². The molecule has 0 spiro atoms. The normalized spacial score (nSPS) is 26.8. The molecule has 3 aromatic rings. The summed E-state index contributed by atoms with van der Waals surface area (Å²) in [6, 6.07) is 11.1. The van der Waals surface area contributed by atoms with Crippen LogP contribution in [0.3, 0.4) is 0 Å². The maximum Gasteiger partial charge on any atom is 0.145 e. The molecule has 0 saturated heterocycles. The first-order valence-electron chi connectivity index (χ1n) is 9.54. The fourth-order valence-corrected chi connectivity index (χ4v) is 4.65. The Balaban J connectivity index is 1.46. The minimum atomic E-state index is -0.438. The minimum Gasteiger partial charge on any atom is -0.392 e. The molecule has 2 aliphatic carbocycles. The number of nitrogens with zero attached hydrogens (tertiary/aromatic N) is 3. The molecular weight excluding hydrogens is 336 g/mol. The lowest BCUT2D eigenvalue weighted by atomic mass is 10.1. The number of rotatable bonds is 3. The second-order valence-corrected chi connectivity index (χ2v) is 7.58. The molecule has 4 atom stereocenters. The zero-order chi connectivity index (χ0) is 18.4. The SMILES string of the molecule is C#C[C@@H]1C[C@@H](n2ccc3c(N[C@H]4CCc5ccccc54)ncnc32)C[C@@H]1O. The standard InChI is InChI=1S/C22H22N4O/c1-2-14-11-16(12-20(14)27)26-10-9-18-21(23-13-24-22(18)26)25-19-8-7-15-5-3-4-6-17(15)19/h1,3-6,9-10,13-14,16,19-20,27H,7-8,11-12H2,(H,23,24,25)/t14-,16-,19+,20+/m1/s1. The number of aryl methyl sites for hydroxylation is 1. The van der Waals surface area contributed by atoms with Gasteiger partial charge in [-0.3, -0.25) is 0 Å². The third-order valence-corrected chi connectivity index (χ3v) is 6.06. The van der Waals surface area contributed by atoms with Crippen LogP contribution >= 0.6 is 0 Å². The van der Waals surface area contributed by atoms with Crippen molar-refractivity contribution in [3.63, 3.8) is 0 Å². The average Bonchev–Trinajstić information content (AvgIpc) is 3.39. The van der Waals surface area contributed by atoms with Crippen LogP contribution in [-0.4, -0.2) is 25.7 Å². The van der Waals surface area contributed by atoms with Crippen LogP contribution in [0.15, 0.2) is 42.9 Å². The van der Waals surface area contributed by atoms with Gasteiger partial charge in [0.1, 0.15) is 17.8 Å². The first kappa shape index (κ1) is 16.3. The van der Waals surface area contributed by atoms with Gasteiger partial charge in [-0.25, -0.2) is 9.97 Å². The molecule has 0 bridgehead atoms. The molecule has 2 heterocycles. The third kappa shape index (κ3) is 2.68. The van der Waals surface area contributed by atoms with E-state index >= 15 is 0 Å². The summed E-state index contributed by atoms with van der Waals surface area (Å²) in [5, 5.41) is 14.8. The highest BCUT2D eigenvalue weighted by Crippen LogP contribution is 2.38. The highest BCUT2D eigenvalue weighted by Gasteiger charge is 2.33. The number of benzene rings is 1. The number of terminal acetylenes is 1. The average molecular weight is 358 g/mol. The van der Waals surface area contributed by atoms with E-state index in [-0.39, 0.29) is 18.0 Å². The van der Waals surface area contributed by atoms with Crippen LogP contribution in [-0.2, 0) is 6.42 Å². The van der Waals surface area contributed by atoms with Gasteiger partial charge in [0.25, 0.3) is 0 Å². The summed E-state index contributed by atoms with van der Waals surface area (Å²) in [5.41, 5.74) is 3.67. The van der Waals surface area contributed by atoms with Crippen molar-refractivity contribution in [3.8, 4) is 12.3 Å². The van der Waals surface area contributed by atoms with E-state index in [0.29, 0.717) is 6.42 Å². The van der Waals surface area contributed by atoms with Crippen LogP contribution in [0.2, 0.25) is 0 Å². The van der Waals surface area contributed by atoms with Crippen LogP contribution in [0.5, 0.6) is 0 Å². The molecule has 136 valence electrons. The van der Waals surface area contributed by atoms with Crippen LogP contribution in [0.4, 0.5) is 5.82 Å². The number of hydrogen-bond acceptors (Lipinski definition) is 4. The lowest BCUT2D eigenvalue weighted by Gasteiger charge is -2.16. The lowest BCUT2D eigenvalue weighted by Crippen LogP contribution is -2.10. The zero-order valence-electron chi connectivity index (χ0n) is 15.0. The van der Waals surface area contributed by atoms with E-state index in [0.717, 1.165) is 36.1 Å². The molecule has 1 aromatic carbocycles. The van der Waals surface area contributed by atoms with E-state index in [1.165, 1.54) is 11.1 Å². The van der Waals surface area contributed by atoms with Gasteiger partial charge in [-0.05, 0) is 42.9 Å². The maximum atomic E-state index is 10.2. The van der Waals surface area contributed by atoms with Crippen LogP contribution in [0.1, 0.15) is 42.5 Å². The van der Waals surface area contributed by atoms with Crippen molar-refractivity contribution >= 4 is 16.9 Å². The van der Waals surface area contributed by atoms with E-state index in [1.54, 1.807) is 6.33 Å². The van der Waals surface area contributed by atoms with E-state index in [9.17, 15) is 5.11 Å². The Hall–Kier alpha value is -2.84. The summed E-state index contributed by atoms with van der Waals surface area (Å²) in [6.45, 7) is 0. The Kier molecular flexibility index (Phi) is 3.87. The van der Waals surface area contributed by atoms with E-state index < -0.39 is 6.10 Å². The second kappa shape index (κ2) is 6.40. The van der Waals surface area contributed by atoms with Gasteiger partial charge in [0.05, 0.1) is 17.5 Å². The van der Waals surface area contributed by atoms with Crippen LogP contribution in [0.25, 0.3) is 11.0 Å². The number of fused-ring (bicyclic) bond motifs is 2. The molecule has 27 heavy (non-hydrogen) atoms. The van der Waals surface area contributed by atoms with E-state index in [4.69, 9.17) is 6.42 Å². The van der Waals surface area contributed by atoms with Crippen molar-refractivity contribution in [2.24, 2.45) is 5.92 Å². The number of hydrogen-bond donors (Lipinski definition) is 2. The highest BCUT2D eigenvalue weighted by atomic mass is 16.3. The molecule has 0 unspecified atom stereocenters. The van der Waals surface area contributed by atoms with Gasteiger partial charge in [0.15, 0.2) is 0 Å². The molecule has 5 heteroatoms. The van der Waals surface area contributed by atoms with Crippen molar-refractivity contribution < 1.29 is 5.11 Å². The van der Waals surface area contributed by atoms with Crippen LogP contribution < -0.4 is 5.32 Å². The van der Waals surface area contributed by atoms with Crippen molar-refractivity contribution in [1.29, 1.82) is 0 Å². The Bertz CT molecular complexity index is 1030. The molecule has 5 nitrogen and oxygen atoms in total. The highest BCUT2D eigenvalue weighted by molar-refractivity contribution is 5.87. The molecule has 1 saturated carbocycles. The minimum absolute atomic E-state index is 0.0816. The van der Waals surface area contributed by atoms with Gasteiger partial charge in [-0.2, -0.15) is 0 Å². The van der Waals surface area contributed by atoms with Crippen LogP contribution in [0, 0.1) is 18.3 Å². The van der Waals surface area contributed by atoms with Gasteiger partial charge < -0.3 is 15.0 Å². The summed E-state index contributed by atoms with van der Waals surface area (Å²) in [4.78, 5) is 9.03. The summed E-state index contributed by atoms with van der Waals surface area (Å²) < 4.78 is 2.14.